The van der Waals surface area contributed by atoms with Crippen LogP contribution >= 0.6 is 11.6 Å². The topological polar surface area (TPSA) is 104 Å². The van der Waals surface area contributed by atoms with Gasteiger partial charge in [-0.3, -0.25) is 9.59 Å². The molecule has 1 aliphatic heterocycles. The van der Waals surface area contributed by atoms with Crippen molar-refractivity contribution in [3.63, 3.8) is 0 Å². The summed E-state index contributed by atoms with van der Waals surface area (Å²) in [5, 5.41) is 3.52. The van der Waals surface area contributed by atoms with Crippen molar-refractivity contribution >= 4 is 23.6 Å². The number of unbranched alkanes of at least 4 members (excludes halogenated alkanes) is 1. The van der Waals surface area contributed by atoms with E-state index in [1.165, 1.54) is 0 Å². The number of H-pyrrole nitrogens is 1. The molecule has 8 nitrogen and oxygen atoms in total. The molecule has 1 aliphatic carbocycles. The molecule has 37 heavy (non-hydrogen) atoms. The van der Waals surface area contributed by atoms with Crippen LogP contribution in [0.2, 0.25) is 5.02 Å². The lowest BCUT2D eigenvalue weighted by Crippen LogP contribution is -2.60. The maximum Gasteiger partial charge on any atom is 0.408 e. The number of rotatable bonds is 6. The van der Waals surface area contributed by atoms with Crippen LogP contribution < -0.4 is 10.9 Å². The van der Waals surface area contributed by atoms with Crippen LogP contribution in [0, 0.1) is 0 Å². The lowest BCUT2D eigenvalue weighted by atomic mass is 9.88. The zero-order valence-corrected chi connectivity index (χ0v) is 22.9. The molecule has 1 aromatic heterocycles. The highest BCUT2D eigenvalue weighted by Crippen LogP contribution is 2.36. The zero-order valence-electron chi connectivity index (χ0n) is 22.2. The van der Waals surface area contributed by atoms with Crippen molar-refractivity contribution in [2.75, 3.05) is 6.54 Å². The van der Waals surface area contributed by atoms with E-state index in [-0.39, 0.29) is 23.9 Å². The Morgan fingerprint density at radius 3 is 2.51 bits per heavy atom. The number of halogens is 1. The minimum Gasteiger partial charge on any atom is -0.444 e. The number of fused-ring (bicyclic) bond motifs is 1. The van der Waals surface area contributed by atoms with E-state index in [1.807, 2.05) is 12.1 Å². The van der Waals surface area contributed by atoms with Gasteiger partial charge in [0.1, 0.15) is 17.0 Å². The average molecular weight is 529 g/mol. The van der Waals surface area contributed by atoms with Gasteiger partial charge in [-0.2, -0.15) is 0 Å². The summed E-state index contributed by atoms with van der Waals surface area (Å²) >= 11 is 6.04. The minimum atomic E-state index is -1.02. The fourth-order valence-electron chi connectivity index (χ4n) is 5.36. The molecule has 1 saturated carbocycles. The maximum atomic E-state index is 14.0. The Balaban J connectivity index is 1.65. The number of amides is 2. The largest absolute Gasteiger partial charge is 0.444 e. The third-order valence-electron chi connectivity index (χ3n) is 7.14. The van der Waals surface area contributed by atoms with E-state index < -0.39 is 17.2 Å². The van der Waals surface area contributed by atoms with Crippen molar-refractivity contribution < 1.29 is 14.3 Å². The molecule has 4 rings (SSSR count). The number of carbonyl (C=O) groups excluding carboxylic acids is 2. The molecular formula is C28H37ClN4O4. The molecule has 1 fully saturated rings. The summed E-state index contributed by atoms with van der Waals surface area (Å²) in [5.41, 5.74) is 0.135. The molecule has 1 unspecified atom stereocenters. The second kappa shape index (κ2) is 10.9. The van der Waals surface area contributed by atoms with Crippen LogP contribution in [0.1, 0.15) is 89.8 Å². The molecule has 0 spiro atoms. The highest BCUT2D eigenvalue weighted by Gasteiger charge is 2.47. The van der Waals surface area contributed by atoms with E-state index in [0.717, 1.165) is 43.4 Å². The first-order valence-electron chi connectivity index (χ1n) is 13.2. The Bertz CT molecular complexity index is 1200. The van der Waals surface area contributed by atoms with E-state index in [1.54, 1.807) is 37.8 Å². The molecule has 2 amide bonds. The number of aromatic nitrogens is 2. The predicted octanol–water partition coefficient (Wildman–Crippen LogP) is 5.54. The normalized spacial score (nSPS) is 18.8. The Labute approximate surface area is 223 Å². The van der Waals surface area contributed by atoms with Crippen LogP contribution in [-0.4, -0.2) is 44.6 Å². The number of nitrogens with one attached hydrogen (secondary N) is 2. The Kier molecular flexibility index (Phi) is 7.97. The number of hydrogen-bond acceptors (Lipinski definition) is 5. The van der Waals surface area contributed by atoms with Gasteiger partial charge in [-0.15, -0.1) is 0 Å². The van der Waals surface area contributed by atoms with Crippen molar-refractivity contribution in [1.29, 1.82) is 0 Å². The van der Waals surface area contributed by atoms with Crippen LogP contribution in [-0.2, 0) is 16.1 Å². The first-order valence-corrected chi connectivity index (χ1v) is 13.6. The average Bonchev–Trinajstić information content (AvgIpc) is 3.30. The van der Waals surface area contributed by atoms with Crippen molar-refractivity contribution in [2.45, 2.75) is 96.2 Å². The highest BCUT2D eigenvalue weighted by atomic mass is 35.5. The molecule has 2 N–H and O–H groups in total. The zero-order chi connectivity index (χ0) is 26.8. The first kappa shape index (κ1) is 27.2. The van der Waals surface area contributed by atoms with Crippen LogP contribution in [0.3, 0.4) is 0 Å². The van der Waals surface area contributed by atoms with Crippen molar-refractivity contribution in [2.24, 2.45) is 0 Å². The molecule has 0 saturated heterocycles. The number of hydrogen-bond donors (Lipinski definition) is 2. The summed E-state index contributed by atoms with van der Waals surface area (Å²) in [6, 6.07) is 7.20. The molecule has 1 aromatic carbocycles. The molecule has 0 radical (unpaired) electrons. The van der Waals surface area contributed by atoms with E-state index >= 15 is 0 Å². The summed E-state index contributed by atoms with van der Waals surface area (Å²) in [5.74, 6) is 0.283. The van der Waals surface area contributed by atoms with E-state index in [2.05, 4.69) is 17.2 Å². The van der Waals surface area contributed by atoms with Crippen molar-refractivity contribution in [1.82, 2.24) is 20.2 Å². The molecule has 2 aromatic rings. The second-order valence-electron chi connectivity index (χ2n) is 11.2. The number of ether oxygens (including phenoxy) is 1. The van der Waals surface area contributed by atoms with E-state index in [4.69, 9.17) is 21.3 Å². The molecule has 2 aliphatic rings. The summed E-state index contributed by atoms with van der Waals surface area (Å²) < 4.78 is 5.48. The monoisotopic (exact) mass is 528 g/mol. The SMILES string of the molecule is CCCCC1CN(C(=O)C2(NC(=O)OC(C)(C)C)CCCC2)Cc2c1nc(-c1ccc(Cl)cc1)[nH]c2=O. The number of alkyl carbamates (subject to hydrolysis) is 1. The van der Waals surface area contributed by atoms with Crippen molar-refractivity contribution in [3.8, 4) is 11.4 Å². The molecule has 0 bridgehead atoms. The van der Waals surface area contributed by atoms with Crippen LogP contribution in [0.5, 0.6) is 0 Å². The Hall–Kier alpha value is -2.87. The molecule has 9 heteroatoms. The lowest BCUT2D eigenvalue weighted by molar-refractivity contribution is -0.139. The van der Waals surface area contributed by atoms with Gasteiger partial charge < -0.3 is 19.9 Å². The number of carbonyl (C=O) groups is 2. The predicted molar refractivity (Wildman–Crippen MR) is 144 cm³/mol. The third-order valence-corrected chi connectivity index (χ3v) is 7.39. The molecule has 2 heterocycles. The summed E-state index contributed by atoms with van der Waals surface area (Å²) in [6.45, 7) is 8.14. The fourth-order valence-corrected chi connectivity index (χ4v) is 5.49. The smallest absolute Gasteiger partial charge is 0.408 e. The Morgan fingerprint density at radius 1 is 1.22 bits per heavy atom. The standard InChI is InChI=1S/C28H37ClN4O4/c1-5-6-9-19-16-33(25(35)28(14-7-8-15-28)32-26(36)37-27(2,3)4)17-21-22(19)30-23(31-24(21)34)18-10-12-20(29)13-11-18/h10-13,19H,5-9,14-17H2,1-4H3,(H,32,36)(H,30,31,34). The van der Waals surface area contributed by atoms with Crippen LogP contribution in [0.25, 0.3) is 11.4 Å². The Morgan fingerprint density at radius 2 is 1.89 bits per heavy atom. The maximum absolute atomic E-state index is 14.0. The third kappa shape index (κ3) is 6.17. The van der Waals surface area contributed by atoms with Gasteiger partial charge in [-0.25, -0.2) is 9.78 Å². The van der Waals surface area contributed by atoms with Crippen molar-refractivity contribution in [3.05, 3.63) is 50.9 Å². The summed E-state index contributed by atoms with van der Waals surface area (Å²) in [6.07, 6.45) is 4.98. The van der Waals surface area contributed by atoms with E-state index in [9.17, 15) is 14.4 Å². The number of benzene rings is 1. The highest BCUT2D eigenvalue weighted by molar-refractivity contribution is 6.30. The second-order valence-corrected chi connectivity index (χ2v) is 11.7. The summed E-state index contributed by atoms with van der Waals surface area (Å²) in [7, 11) is 0. The summed E-state index contributed by atoms with van der Waals surface area (Å²) in [4.78, 5) is 49.5. The van der Waals surface area contributed by atoms with Gasteiger partial charge >= 0.3 is 6.09 Å². The molecule has 200 valence electrons. The van der Waals surface area contributed by atoms with Crippen LogP contribution in [0.15, 0.2) is 29.1 Å². The first-order chi connectivity index (χ1) is 17.5. The fraction of sp³-hybridized carbons (Fsp3) is 0.571. The van der Waals surface area contributed by atoms with Gasteiger partial charge in [0.05, 0.1) is 17.8 Å². The van der Waals surface area contributed by atoms with Crippen LogP contribution in [0.4, 0.5) is 4.79 Å². The molecule has 1 atom stereocenters. The van der Waals surface area contributed by atoms with E-state index in [0.29, 0.717) is 35.8 Å². The minimum absolute atomic E-state index is 0.0685. The van der Waals surface area contributed by atoms with Gasteiger partial charge in [-0.05, 0) is 64.3 Å². The number of nitrogens with zero attached hydrogens (tertiary/aromatic N) is 2. The molecular weight excluding hydrogens is 492 g/mol. The van der Waals surface area contributed by atoms with Gasteiger partial charge in [0.15, 0.2) is 0 Å². The van der Waals surface area contributed by atoms with Gasteiger partial charge in [0, 0.05) is 23.0 Å². The number of aromatic amines is 1. The lowest BCUT2D eigenvalue weighted by Gasteiger charge is -2.39. The van der Waals surface area contributed by atoms with Gasteiger partial charge in [-0.1, -0.05) is 44.2 Å². The van der Waals surface area contributed by atoms with Gasteiger partial charge in [0.25, 0.3) is 5.56 Å². The van der Waals surface area contributed by atoms with Gasteiger partial charge in [0.2, 0.25) is 5.91 Å². The quantitative estimate of drug-likeness (QED) is 0.512.